The first-order valence-corrected chi connectivity index (χ1v) is 7.58. The summed E-state index contributed by atoms with van der Waals surface area (Å²) >= 11 is 0. The highest BCUT2D eigenvalue weighted by molar-refractivity contribution is 5.89. The number of anilines is 1. The third-order valence-corrected chi connectivity index (χ3v) is 3.94. The van der Waals surface area contributed by atoms with E-state index in [0.717, 1.165) is 4.57 Å². The Bertz CT molecular complexity index is 1030. The SMILES string of the molecule is C=CCn1c(=O)c2c(nc3n2CC(C)=NN3CC(=O)OC)n(C)c1=O. The summed E-state index contributed by atoms with van der Waals surface area (Å²) in [5, 5.41) is 5.67. The van der Waals surface area contributed by atoms with Crippen LogP contribution in [0.4, 0.5) is 5.95 Å². The van der Waals surface area contributed by atoms with E-state index in [2.05, 4.69) is 21.4 Å². The lowest BCUT2D eigenvalue weighted by atomic mass is 10.3. The first kappa shape index (κ1) is 16.7. The van der Waals surface area contributed by atoms with Crippen molar-refractivity contribution in [3.05, 3.63) is 33.5 Å². The highest BCUT2D eigenvalue weighted by Crippen LogP contribution is 2.23. The van der Waals surface area contributed by atoms with Gasteiger partial charge in [-0.3, -0.25) is 23.3 Å². The van der Waals surface area contributed by atoms with Gasteiger partial charge in [-0.15, -0.1) is 6.58 Å². The molecule has 0 spiro atoms. The summed E-state index contributed by atoms with van der Waals surface area (Å²) in [7, 11) is 2.82. The Morgan fingerprint density at radius 1 is 1.40 bits per heavy atom. The van der Waals surface area contributed by atoms with E-state index in [0.29, 0.717) is 18.2 Å². The zero-order valence-electron chi connectivity index (χ0n) is 14.2. The number of hydrogen-bond acceptors (Lipinski definition) is 7. The van der Waals surface area contributed by atoms with Crippen LogP contribution in [0, 0.1) is 0 Å². The lowest BCUT2D eigenvalue weighted by Gasteiger charge is -2.23. The predicted molar refractivity (Wildman–Crippen MR) is 91.9 cm³/mol. The summed E-state index contributed by atoms with van der Waals surface area (Å²) in [4.78, 5) is 41.2. The molecule has 1 aliphatic rings. The molecule has 0 aliphatic carbocycles. The Morgan fingerprint density at radius 2 is 2.12 bits per heavy atom. The summed E-state index contributed by atoms with van der Waals surface area (Å²) in [6, 6.07) is 0. The number of allylic oxidation sites excluding steroid dienone is 1. The van der Waals surface area contributed by atoms with Crippen LogP contribution >= 0.6 is 0 Å². The van der Waals surface area contributed by atoms with Crippen molar-refractivity contribution in [2.45, 2.75) is 20.0 Å². The number of hydrogen-bond donors (Lipinski definition) is 0. The first-order chi connectivity index (χ1) is 11.9. The fourth-order valence-corrected chi connectivity index (χ4v) is 2.80. The lowest BCUT2D eigenvalue weighted by molar-refractivity contribution is -0.139. The molecule has 0 fully saturated rings. The first-order valence-electron chi connectivity index (χ1n) is 7.58. The lowest BCUT2D eigenvalue weighted by Crippen LogP contribution is -2.39. The minimum absolute atomic E-state index is 0.0981. The second-order valence-corrected chi connectivity index (χ2v) is 5.69. The minimum atomic E-state index is -0.491. The molecule has 0 amide bonds. The number of methoxy groups -OCH3 is 1. The Labute approximate surface area is 142 Å². The Kier molecular flexibility index (Phi) is 4.03. The second kappa shape index (κ2) is 6.04. The van der Waals surface area contributed by atoms with Crippen LogP contribution < -0.4 is 16.3 Å². The normalized spacial score (nSPS) is 13.6. The van der Waals surface area contributed by atoms with E-state index < -0.39 is 17.2 Å². The molecule has 25 heavy (non-hydrogen) atoms. The van der Waals surface area contributed by atoms with Gasteiger partial charge in [-0.05, 0) is 6.92 Å². The molecule has 2 aromatic heterocycles. The second-order valence-electron chi connectivity index (χ2n) is 5.69. The zero-order valence-corrected chi connectivity index (χ0v) is 14.2. The molecule has 10 nitrogen and oxygen atoms in total. The predicted octanol–water partition coefficient (Wildman–Crippen LogP) is -0.548. The van der Waals surface area contributed by atoms with Gasteiger partial charge in [-0.25, -0.2) is 9.80 Å². The van der Waals surface area contributed by atoms with Gasteiger partial charge < -0.3 is 4.74 Å². The Morgan fingerprint density at radius 3 is 2.76 bits per heavy atom. The molecule has 10 heteroatoms. The van der Waals surface area contributed by atoms with Crippen LogP contribution in [0.5, 0.6) is 0 Å². The van der Waals surface area contributed by atoms with Gasteiger partial charge in [0.25, 0.3) is 5.56 Å². The molecule has 0 saturated heterocycles. The van der Waals surface area contributed by atoms with Gasteiger partial charge in [0.1, 0.15) is 6.54 Å². The molecule has 0 atom stereocenters. The van der Waals surface area contributed by atoms with Crippen molar-refractivity contribution in [2.75, 3.05) is 18.7 Å². The molecule has 0 radical (unpaired) electrons. The van der Waals surface area contributed by atoms with Crippen molar-refractivity contribution < 1.29 is 9.53 Å². The Balaban J connectivity index is 2.30. The molecule has 1 aliphatic heterocycles. The van der Waals surface area contributed by atoms with Crippen LogP contribution in [0.2, 0.25) is 0 Å². The molecule has 0 aromatic carbocycles. The van der Waals surface area contributed by atoms with E-state index in [1.807, 2.05) is 0 Å². The molecule has 2 aromatic rings. The highest BCUT2D eigenvalue weighted by Gasteiger charge is 2.27. The van der Waals surface area contributed by atoms with Crippen LogP contribution in [0.15, 0.2) is 27.3 Å². The fourth-order valence-electron chi connectivity index (χ4n) is 2.80. The van der Waals surface area contributed by atoms with Crippen LogP contribution in [0.25, 0.3) is 11.2 Å². The quantitative estimate of drug-likeness (QED) is 0.544. The summed E-state index contributed by atoms with van der Waals surface area (Å²) in [5.74, 6) is -0.176. The maximum absolute atomic E-state index is 12.8. The zero-order chi connectivity index (χ0) is 18.3. The van der Waals surface area contributed by atoms with Gasteiger partial charge in [0, 0.05) is 13.6 Å². The highest BCUT2D eigenvalue weighted by atomic mass is 16.5. The molecule has 0 unspecified atom stereocenters. The number of ether oxygens (including phenoxy) is 1. The number of aryl methyl sites for hydroxylation is 1. The molecule has 0 N–H and O–H groups in total. The van der Waals surface area contributed by atoms with Crippen LogP contribution in [-0.2, 0) is 29.7 Å². The van der Waals surface area contributed by atoms with Gasteiger partial charge in [-0.2, -0.15) is 10.1 Å². The standard InChI is InChI=1S/C15H18N6O4/c1-5-6-19-13(23)11-12(18(3)15(19)24)16-14-20(11)7-9(2)17-21(14)8-10(22)25-4/h5H,1,6-8H2,2-4H3. The summed E-state index contributed by atoms with van der Waals surface area (Å²) in [6.45, 7) is 5.65. The van der Waals surface area contributed by atoms with Gasteiger partial charge in [0.15, 0.2) is 11.2 Å². The van der Waals surface area contributed by atoms with Gasteiger partial charge >= 0.3 is 11.7 Å². The molecule has 132 valence electrons. The maximum atomic E-state index is 12.8. The molecule has 0 bridgehead atoms. The summed E-state index contributed by atoms with van der Waals surface area (Å²) < 4.78 is 8.73. The molecule has 0 saturated carbocycles. The fraction of sp³-hybridized carbons (Fsp3) is 0.400. The third kappa shape index (κ3) is 2.55. The maximum Gasteiger partial charge on any atom is 0.332 e. The van der Waals surface area contributed by atoms with Gasteiger partial charge in [0.2, 0.25) is 5.95 Å². The van der Waals surface area contributed by atoms with Crippen LogP contribution in [0.3, 0.4) is 0 Å². The number of carbonyl (C=O) groups is 1. The van der Waals surface area contributed by atoms with E-state index in [9.17, 15) is 14.4 Å². The summed E-state index contributed by atoms with van der Waals surface area (Å²) in [6.07, 6.45) is 1.48. The number of esters is 1. The summed E-state index contributed by atoms with van der Waals surface area (Å²) in [5.41, 5.74) is 0.279. The number of fused-ring (bicyclic) bond motifs is 3. The van der Waals surface area contributed by atoms with Crippen molar-refractivity contribution in [2.24, 2.45) is 12.1 Å². The van der Waals surface area contributed by atoms with Crippen molar-refractivity contribution in [1.82, 2.24) is 18.7 Å². The van der Waals surface area contributed by atoms with Crippen LogP contribution in [0.1, 0.15) is 6.92 Å². The number of rotatable bonds is 4. The van der Waals surface area contributed by atoms with E-state index in [1.54, 1.807) is 18.5 Å². The number of aromatic nitrogens is 4. The molecular formula is C15H18N6O4. The number of nitrogens with zero attached hydrogens (tertiary/aromatic N) is 6. The smallest absolute Gasteiger partial charge is 0.332 e. The number of hydrazone groups is 1. The van der Waals surface area contributed by atoms with E-state index in [1.165, 1.54) is 22.8 Å². The number of carbonyl (C=O) groups excluding carboxylic acids is 1. The Hall–Kier alpha value is -3.17. The van der Waals surface area contributed by atoms with Crippen molar-refractivity contribution >= 4 is 28.8 Å². The third-order valence-electron chi connectivity index (χ3n) is 3.94. The van der Waals surface area contributed by atoms with E-state index in [-0.39, 0.29) is 24.3 Å². The van der Waals surface area contributed by atoms with Gasteiger partial charge in [0.05, 0.1) is 19.4 Å². The molecule has 3 heterocycles. The largest absolute Gasteiger partial charge is 0.468 e. The average molecular weight is 346 g/mol. The molecule has 3 rings (SSSR count). The minimum Gasteiger partial charge on any atom is -0.468 e. The monoisotopic (exact) mass is 346 g/mol. The molecular weight excluding hydrogens is 328 g/mol. The van der Waals surface area contributed by atoms with Crippen molar-refractivity contribution in [3.8, 4) is 0 Å². The number of imidazole rings is 1. The van der Waals surface area contributed by atoms with Crippen LogP contribution in [-0.4, -0.2) is 44.0 Å². The van der Waals surface area contributed by atoms with E-state index >= 15 is 0 Å². The average Bonchev–Trinajstić information content (AvgIpc) is 2.96. The topological polar surface area (TPSA) is 104 Å². The van der Waals surface area contributed by atoms with Gasteiger partial charge in [-0.1, -0.05) is 6.08 Å². The van der Waals surface area contributed by atoms with Crippen molar-refractivity contribution in [3.63, 3.8) is 0 Å². The van der Waals surface area contributed by atoms with E-state index in [4.69, 9.17) is 0 Å². The van der Waals surface area contributed by atoms with Crippen molar-refractivity contribution in [1.29, 1.82) is 0 Å².